The van der Waals surface area contributed by atoms with E-state index in [1.54, 1.807) is 9.80 Å². The summed E-state index contributed by atoms with van der Waals surface area (Å²) < 4.78 is 8.28. The average molecular weight is 544 g/mol. The van der Waals surface area contributed by atoms with Gasteiger partial charge in [0.1, 0.15) is 12.4 Å². The number of halogens is 2. The average Bonchev–Trinajstić information content (AvgIpc) is 2.69. The van der Waals surface area contributed by atoms with E-state index >= 15 is 0 Å². The van der Waals surface area contributed by atoms with Crippen LogP contribution in [0.2, 0.25) is 0 Å². The minimum atomic E-state index is -0.431. The molecule has 3 heterocycles. The monoisotopic (exact) mass is 542 g/mol. The summed E-state index contributed by atoms with van der Waals surface area (Å²) in [6.07, 6.45) is 5.17. The van der Waals surface area contributed by atoms with Crippen LogP contribution in [0.25, 0.3) is 0 Å². The van der Waals surface area contributed by atoms with E-state index in [1.807, 2.05) is 13.0 Å². The van der Waals surface area contributed by atoms with Crippen LogP contribution in [0.1, 0.15) is 55.5 Å². The van der Waals surface area contributed by atoms with E-state index in [0.29, 0.717) is 12.4 Å². The van der Waals surface area contributed by atoms with E-state index < -0.39 is 5.41 Å². The molecule has 0 bridgehead atoms. The highest BCUT2D eigenvalue weighted by atomic mass is 79.9. The Bertz CT molecular complexity index is 789. The third-order valence-corrected chi connectivity index (χ3v) is 9.31. The molecule has 4 rings (SSSR count). The maximum Gasteiger partial charge on any atom is 0.187 e. The quantitative estimate of drug-likeness (QED) is 0.612. The van der Waals surface area contributed by atoms with Crippen LogP contribution in [-0.4, -0.2) is 51.7 Å². The number of hydrogen-bond donors (Lipinski definition) is 2. The SMILES string of the molecule is Cc1c(Br)cc2c(c1Br)OCC(C[NH+]1CCCC(C)C1)(C[NH+]1CCCC(C)C1)C2=O. The second-order valence-electron chi connectivity index (χ2n) is 10.3. The van der Waals surface area contributed by atoms with Crippen molar-refractivity contribution >= 4 is 37.6 Å². The molecule has 1 aromatic rings. The number of fused-ring (bicyclic) bond motifs is 1. The second-order valence-corrected chi connectivity index (χ2v) is 12.0. The van der Waals surface area contributed by atoms with Crippen molar-refractivity contribution in [2.45, 2.75) is 46.5 Å². The predicted octanol–water partition coefficient (Wildman–Crippen LogP) is 2.71. The van der Waals surface area contributed by atoms with Crippen molar-refractivity contribution in [1.29, 1.82) is 0 Å². The molecule has 2 N–H and O–H groups in total. The first-order valence-corrected chi connectivity index (χ1v) is 13.2. The van der Waals surface area contributed by atoms with E-state index in [2.05, 4.69) is 45.7 Å². The van der Waals surface area contributed by atoms with Crippen LogP contribution in [0.5, 0.6) is 5.75 Å². The van der Waals surface area contributed by atoms with Gasteiger partial charge in [0.15, 0.2) is 11.2 Å². The number of benzene rings is 1. The number of hydrogen-bond acceptors (Lipinski definition) is 2. The fourth-order valence-electron chi connectivity index (χ4n) is 5.96. The number of quaternary nitrogens is 2. The zero-order valence-electron chi connectivity index (χ0n) is 18.6. The number of rotatable bonds is 4. The molecule has 2 fully saturated rings. The van der Waals surface area contributed by atoms with Gasteiger partial charge >= 0.3 is 0 Å². The molecule has 0 spiro atoms. The van der Waals surface area contributed by atoms with E-state index in [4.69, 9.17) is 4.74 Å². The molecule has 1 aromatic carbocycles. The lowest BCUT2D eigenvalue weighted by Crippen LogP contribution is -3.19. The molecule has 30 heavy (non-hydrogen) atoms. The Balaban J connectivity index is 1.67. The zero-order chi connectivity index (χ0) is 21.5. The summed E-state index contributed by atoms with van der Waals surface area (Å²) in [5.41, 5.74) is 1.40. The first-order chi connectivity index (χ1) is 14.3. The highest BCUT2D eigenvalue weighted by Gasteiger charge is 2.51. The summed E-state index contributed by atoms with van der Waals surface area (Å²) in [4.78, 5) is 17.3. The fourth-order valence-corrected chi connectivity index (χ4v) is 7.20. The van der Waals surface area contributed by atoms with Gasteiger partial charge in [0.05, 0.1) is 49.3 Å². The summed E-state index contributed by atoms with van der Waals surface area (Å²) in [6, 6.07) is 1.99. The van der Waals surface area contributed by atoms with Crippen molar-refractivity contribution in [2.75, 3.05) is 45.9 Å². The Morgan fingerprint density at radius 1 is 1.07 bits per heavy atom. The van der Waals surface area contributed by atoms with E-state index in [-0.39, 0.29) is 0 Å². The molecule has 3 aliphatic heterocycles. The van der Waals surface area contributed by atoms with Crippen LogP contribution in [0.4, 0.5) is 0 Å². The topological polar surface area (TPSA) is 35.2 Å². The smallest absolute Gasteiger partial charge is 0.187 e. The van der Waals surface area contributed by atoms with Crippen molar-refractivity contribution in [3.05, 3.63) is 26.1 Å². The van der Waals surface area contributed by atoms with Gasteiger partial charge in [0, 0.05) is 16.3 Å². The predicted molar refractivity (Wildman–Crippen MR) is 127 cm³/mol. The molecule has 3 aliphatic rings. The third-order valence-electron chi connectivity index (χ3n) is 7.53. The minimum absolute atomic E-state index is 0.293. The molecule has 0 radical (unpaired) electrons. The lowest BCUT2D eigenvalue weighted by Gasteiger charge is -2.42. The van der Waals surface area contributed by atoms with Crippen LogP contribution in [0, 0.1) is 24.2 Å². The van der Waals surface area contributed by atoms with Gasteiger partial charge in [0.2, 0.25) is 0 Å². The summed E-state index contributed by atoms with van der Waals surface area (Å²) in [7, 11) is 0. The van der Waals surface area contributed by atoms with Gasteiger partial charge in [-0.15, -0.1) is 0 Å². The lowest BCUT2D eigenvalue weighted by molar-refractivity contribution is -0.937. The Morgan fingerprint density at radius 3 is 2.17 bits per heavy atom. The number of carbonyl (C=O) groups excluding carboxylic acids is 1. The Morgan fingerprint density at radius 2 is 1.63 bits per heavy atom. The van der Waals surface area contributed by atoms with Gasteiger partial charge in [0.25, 0.3) is 0 Å². The van der Waals surface area contributed by atoms with Crippen LogP contribution in [0.15, 0.2) is 15.0 Å². The van der Waals surface area contributed by atoms with Gasteiger partial charge in [-0.1, -0.05) is 29.8 Å². The fraction of sp³-hybridized carbons (Fsp3) is 0.708. The third kappa shape index (κ3) is 4.53. The minimum Gasteiger partial charge on any atom is -0.490 e. The molecule has 2 saturated heterocycles. The number of Topliss-reactive ketones (excluding diaryl/α,β-unsaturated/α-hetero) is 1. The number of piperidine rings is 2. The van der Waals surface area contributed by atoms with Gasteiger partial charge < -0.3 is 14.5 Å². The maximum absolute atomic E-state index is 14.1. The van der Waals surface area contributed by atoms with Gasteiger partial charge in [-0.2, -0.15) is 0 Å². The number of likely N-dealkylation sites (tertiary alicyclic amines) is 2. The molecule has 0 amide bonds. The molecule has 4 unspecified atom stereocenters. The van der Waals surface area contributed by atoms with E-state index in [0.717, 1.165) is 50.7 Å². The number of ketones is 1. The molecule has 4 atom stereocenters. The number of nitrogens with one attached hydrogen (secondary N) is 2. The first kappa shape index (κ1) is 22.8. The molecular formula is C24H36Br2N2O2+2. The number of carbonyl (C=O) groups is 1. The lowest BCUT2D eigenvalue weighted by atomic mass is 9.76. The van der Waals surface area contributed by atoms with Crippen LogP contribution < -0.4 is 14.5 Å². The molecule has 6 heteroatoms. The first-order valence-electron chi connectivity index (χ1n) is 11.6. The van der Waals surface area contributed by atoms with Crippen molar-refractivity contribution in [3.63, 3.8) is 0 Å². The Hall–Kier alpha value is -0.430. The van der Waals surface area contributed by atoms with Gasteiger partial charge in [-0.25, -0.2) is 0 Å². The normalized spacial score (nSPS) is 34.4. The van der Waals surface area contributed by atoms with Crippen molar-refractivity contribution < 1.29 is 19.3 Å². The summed E-state index contributed by atoms with van der Waals surface area (Å²) in [5.74, 6) is 2.51. The molecular weight excluding hydrogens is 508 g/mol. The van der Waals surface area contributed by atoms with Crippen LogP contribution >= 0.6 is 31.9 Å². The molecule has 166 valence electrons. The second kappa shape index (κ2) is 9.21. The van der Waals surface area contributed by atoms with Gasteiger partial charge in [-0.3, -0.25) is 4.79 Å². The maximum atomic E-state index is 14.1. The Labute approximate surface area is 198 Å². The van der Waals surface area contributed by atoms with Crippen LogP contribution in [0.3, 0.4) is 0 Å². The molecule has 0 aliphatic carbocycles. The molecule has 0 aromatic heterocycles. The summed E-state index contributed by atoms with van der Waals surface area (Å²) in [5, 5.41) is 0. The summed E-state index contributed by atoms with van der Waals surface area (Å²) in [6.45, 7) is 13.8. The summed E-state index contributed by atoms with van der Waals surface area (Å²) >= 11 is 7.33. The highest BCUT2D eigenvalue weighted by molar-refractivity contribution is 9.11. The van der Waals surface area contributed by atoms with Crippen molar-refractivity contribution in [2.24, 2.45) is 17.3 Å². The van der Waals surface area contributed by atoms with Crippen molar-refractivity contribution in [3.8, 4) is 5.75 Å². The zero-order valence-corrected chi connectivity index (χ0v) is 21.8. The van der Waals surface area contributed by atoms with E-state index in [9.17, 15) is 4.79 Å². The molecule has 4 nitrogen and oxygen atoms in total. The number of ether oxygens (including phenoxy) is 1. The largest absolute Gasteiger partial charge is 0.490 e. The van der Waals surface area contributed by atoms with Gasteiger partial charge in [-0.05, 0) is 60.2 Å². The van der Waals surface area contributed by atoms with Crippen molar-refractivity contribution in [1.82, 2.24) is 0 Å². The molecule has 0 saturated carbocycles. The Kier molecular flexibility index (Phi) is 6.98. The van der Waals surface area contributed by atoms with E-state index in [1.165, 1.54) is 51.9 Å². The standard InChI is InChI=1S/C24H34Br2N2O2/c1-16-6-4-8-27(11-16)13-24(14-28-9-5-7-17(2)12-28)15-30-22-19(23(24)29)10-20(25)18(3)21(22)26/h10,16-17H,4-9,11-15H2,1-3H3/p+2. The highest BCUT2D eigenvalue weighted by Crippen LogP contribution is 2.42. The van der Waals surface area contributed by atoms with Crippen LogP contribution in [-0.2, 0) is 0 Å².